The molecule has 0 radical (unpaired) electrons. The molecule has 1 saturated heterocycles. The van der Waals surface area contributed by atoms with E-state index in [0.717, 1.165) is 18.7 Å². The smallest absolute Gasteiger partial charge is 0.251 e. The summed E-state index contributed by atoms with van der Waals surface area (Å²) in [7, 11) is 0. The first-order valence-corrected chi connectivity index (χ1v) is 8.45. The van der Waals surface area contributed by atoms with Gasteiger partial charge >= 0.3 is 0 Å². The Labute approximate surface area is 147 Å². The van der Waals surface area contributed by atoms with Crippen LogP contribution in [0.5, 0.6) is 0 Å². The number of hydrogen-bond acceptors (Lipinski definition) is 4. The van der Waals surface area contributed by atoms with Crippen LogP contribution < -0.4 is 16.0 Å². The van der Waals surface area contributed by atoms with Gasteiger partial charge in [-0.2, -0.15) is 0 Å². The Balaban J connectivity index is 1.66. The van der Waals surface area contributed by atoms with Gasteiger partial charge in [-0.15, -0.1) is 0 Å². The second-order valence-electron chi connectivity index (χ2n) is 6.23. The molecule has 2 amide bonds. The van der Waals surface area contributed by atoms with Crippen LogP contribution >= 0.6 is 0 Å². The maximum absolute atomic E-state index is 12.6. The molecule has 0 aliphatic carbocycles. The summed E-state index contributed by atoms with van der Waals surface area (Å²) in [5.41, 5.74) is 1.44. The first-order valence-electron chi connectivity index (χ1n) is 8.45. The molecule has 2 aromatic rings. The molecule has 1 fully saturated rings. The highest BCUT2D eigenvalue weighted by atomic mass is 16.2. The molecule has 2 heterocycles. The van der Waals surface area contributed by atoms with E-state index in [1.165, 1.54) is 0 Å². The molecular weight excluding hydrogens is 316 g/mol. The average molecular weight is 338 g/mol. The number of hydrogen-bond donors (Lipinski definition) is 3. The maximum Gasteiger partial charge on any atom is 0.251 e. The Kier molecular flexibility index (Phi) is 5.74. The minimum absolute atomic E-state index is 0.167. The van der Waals surface area contributed by atoms with E-state index in [9.17, 15) is 9.59 Å². The van der Waals surface area contributed by atoms with Crippen LogP contribution in [0, 0.1) is 5.92 Å². The molecule has 0 spiro atoms. The van der Waals surface area contributed by atoms with E-state index in [1.807, 2.05) is 18.2 Å². The molecule has 1 atom stereocenters. The van der Waals surface area contributed by atoms with Gasteiger partial charge in [0.2, 0.25) is 5.91 Å². The zero-order chi connectivity index (χ0) is 17.5. The normalized spacial score (nSPS) is 15.0. The molecule has 1 unspecified atom stereocenters. The molecule has 1 aliphatic rings. The van der Waals surface area contributed by atoms with E-state index < -0.39 is 6.04 Å². The van der Waals surface area contributed by atoms with Crippen LogP contribution in [0.25, 0.3) is 0 Å². The fourth-order valence-electron chi connectivity index (χ4n) is 2.66. The third kappa shape index (κ3) is 4.87. The van der Waals surface area contributed by atoms with Crippen molar-refractivity contribution >= 4 is 11.8 Å². The van der Waals surface area contributed by atoms with Crippen LogP contribution in [-0.4, -0.2) is 42.5 Å². The molecule has 1 aliphatic heterocycles. The number of rotatable bonds is 7. The van der Waals surface area contributed by atoms with Gasteiger partial charge in [-0.25, -0.2) is 0 Å². The minimum Gasteiger partial charge on any atom is -0.354 e. The number of nitrogens with one attached hydrogen (secondary N) is 3. The summed E-state index contributed by atoms with van der Waals surface area (Å²) in [5.74, 6) is 0.0443. The molecule has 0 bridgehead atoms. The number of nitrogens with zero attached hydrogens (tertiary/aromatic N) is 1. The van der Waals surface area contributed by atoms with Gasteiger partial charge in [0.05, 0.1) is 0 Å². The van der Waals surface area contributed by atoms with Crippen molar-refractivity contribution in [2.45, 2.75) is 12.5 Å². The second kappa shape index (κ2) is 8.39. The third-order valence-corrected chi connectivity index (χ3v) is 4.25. The molecule has 0 saturated carbocycles. The lowest BCUT2D eigenvalue weighted by molar-refractivity contribution is -0.123. The number of carbonyl (C=O) groups is 2. The van der Waals surface area contributed by atoms with Gasteiger partial charge in [0.15, 0.2) is 0 Å². The average Bonchev–Trinajstić information content (AvgIpc) is 2.61. The minimum atomic E-state index is -0.634. The summed E-state index contributed by atoms with van der Waals surface area (Å²) in [6, 6.07) is 12.0. The monoisotopic (exact) mass is 338 g/mol. The van der Waals surface area contributed by atoms with Gasteiger partial charge in [0.25, 0.3) is 5.91 Å². The van der Waals surface area contributed by atoms with Crippen molar-refractivity contribution in [2.75, 3.05) is 19.6 Å². The molecule has 6 heteroatoms. The number of aromatic nitrogens is 1. The Morgan fingerprint density at radius 3 is 2.60 bits per heavy atom. The van der Waals surface area contributed by atoms with Crippen molar-refractivity contribution < 1.29 is 9.59 Å². The third-order valence-electron chi connectivity index (χ3n) is 4.25. The molecule has 25 heavy (non-hydrogen) atoms. The summed E-state index contributed by atoms with van der Waals surface area (Å²) >= 11 is 0. The van der Waals surface area contributed by atoms with Crippen molar-refractivity contribution in [3.05, 3.63) is 66.0 Å². The van der Waals surface area contributed by atoms with E-state index in [0.29, 0.717) is 24.4 Å². The van der Waals surface area contributed by atoms with Gasteiger partial charge in [-0.05, 0) is 23.8 Å². The zero-order valence-electron chi connectivity index (χ0n) is 13.9. The van der Waals surface area contributed by atoms with Gasteiger partial charge in [0.1, 0.15) is 6.04 Å². The molecule has 3 N–H and O–H groups in total. The van der Waals surface area contributed by atoms with E-state index >= 15 is 0 Å². The lowest BCUT2D eigenvalue weighted by Gasteiger charge is -2.28. The predicted molar refractivity (Wildman–Crippen MR) is 95.0 cm³/mol. The fourth-order valence-corrected chi connectivity index (χ4v) is 2.66. The molecule has 1 aromatic carbocycles. The molecule has 130 valence electrons. The first kappa shape index (κ1) is 17.1. The molecule has 3 rings (SSSR count). The van der Waals surface area contributed by atoms with Gasteiger partial charge in [-0.1, -0.05) is 24.3 Å². The summed E-state index contributed by atoms with van der Waals surface area (Å²) in [6.45, 7) is 2.46. The van der Waals surface area contributed by atoms with Crippen LogP contribution in [0.4, 0.5) is 0 Å². The van der Waals surface area contributed by atoms with Crippen LogP contribution in [0.2, 0.25) is 0 Å². The number of carbonyl (C=O) groups excluding carboxylic acids is 2. The molecule has 6 nitrogen and oxygen atoms in total. The number of benzene rings is 1. The lowest BCUT2D eigenvalue weighted by atomic mass is 10.0. The number of amides is 2. The second-order valence-corrected chi connectivity index (χ2v) is 6.23. The predicted octanol–water partition coefficient (Wildman–Crippen LogP) is 0.758. The molecule has 1 aromatic heterocycles. The maximum atomic E-state index is 12.6. The van der Waals surface area contributed by atoms with Crippen molar-refractivity contribution in [1.29, 1.82) is 0 Å². The first-order chi connectivity index (χ1) is 12.2. The highest BCUT2D eigenvalue weighted by Crippen LogP contribution is 2.06. The largest absolute Gasteiger partial charge is 0.354 e. The molecular formula is C19H22N4O2. The van der Waals surface area contributed by atoms with Crippen LogP contribution in [0.3, 0.4) is 0 Å². The Morgan fingerprint density at radius 1 is 1.16 bits per heavy atom. The van der Waals surface area contributed by atoms with Gasteiger partial charge < -0.3 is 16.0 Å². The van der Waals surface area contributed by atoms with Crippen molar-refractivity contribution in [2.24, 2.45) is 5.92 Å². The van der Waals surface area contributed by atoms with E-state index in [2.05, 4.69) is 20.9 Å². The van der Waals surface area contributed by atoms with Gasteiger partial charge in [-0.3, -0.25) is 14.6 Å². The highest BCUT2D eigenvalue weighted by Gasteiger charge is 2.24. The summed E-state index contributed by atoms with van der Waals surface area (Å²) in [5, 5.41) is 8.97. The zero-order valence-corrected chi connectivity index (χ0v) is 13.9. The van der Waals surface area contributed by atoms with Crippen molar-refractivity contribution in [1.82, 2.24) is 20.9 Å². The highest BCUT2D eigenvalue weighted by molar-refractivity contribution is 5.97. The quantitative estimate of drug-likeness (QED) is 0.696. The van der Waals surface area contributed by atoms with Gasteiger partial charge in [0, 0.05) is 49.9 Å². The summed E-state index contributed by atoms with van der Waals surface area (Å²) in [4.78, 5) is 29.1. The number of pyridine rings is 1. The van der Waals surface area contributed by atoms with Crippen molar-refractivity contribution in [3.63, 3.8) is 0 Å². The van der Waals surface area contributed by atoms with Crippen LogP contribution in [-0.2, 0) is 11.2 Å². The van der Waals surface area contributed by atoms with E-state index in [4.69, 9.17) is 0 Å². The Bertz CT molecular complexity index is 702. The van der Waals surface area contributed by atoms with Crippen molar-refractivity contribution in [3.8, 4) is 0 Å². The standard InChI is InChI=1S/C19H22N4O2/c24-18(16-6-2-1-3-7-16)23-17(9-14-5-4-8-20-10-14)19(25)22-13-15-11-21-12-15/h1-8,10,15,17,21H,9,11-13H2,(H,22,25)(H,23,24). The Morgan fingerprint density at radius 2 is 1.96 bits per heavy atom. The van der Waals surface area contributed by atoms with Crippen LogP contribution in [0.15, 0.2) is 54.9 Å². The summed E-state index contributed by atoms with van der Waals surface area (Å²) in [6.07, 6.45) is 3.80. The lowest BCUT2D eigenvalue weighted by Crippen LogP contribution is -2.53. The fraction of sp³-hybridized carbons (Fsp3) is 0.316. The van der Waals surface area contributed by atoms with E-state index in [-0.39, 0.29) is 11.8 Å². The summed E-state index contributed by atoms with van der Waals surface area (Å²) < 4.78 is 0. The topological polar surface area (TPSA) is 83.1 Å². The SMILES string of the molecule is O=C(NC(Cc1cccnc1)C(=O)NCC1CNC1)c1ccccc1. The Hall–Kier alpha value is -2.73. The van der Waals surface area contributed by atoms with E-state index in [1.54, 1.807) is 36.7 Å². The van der Waals surface area contributed by atoms with Crippen LogP contribution in [0.1, 0.15) is 15.9 Å².